The molecule has 0 saturated carbocycles. The number of ether oxygens (including phenoxy) is 1. The molecule has 37 heavy (non-hydrogen) atoms. The quantitative estimate of drug-likeness (QED) is 0.197. The van der Waals surface area contributed by atoms with Gasteiger partial charge in [-0.2, -0.15) is 5.26 Å². The topological polar surface area (TPSA) is 62.1 Å². The molecule has 0 aliphatic rings. The fraction of sp³-hybridized carbons (Fsp3) is 0.125. The van der Waals surface area contributed by atoms with E-state index in [1.807, 2.05) is 48.5 Å². The third-order valence-corrected chi connectivity index (χ3v) is 6.04. The van der Waals surface area contributed by atoms with Crippen LogP contribution in [0, 0.1) is 25.2 Å². The lowest BCUT2D eigenvalue weighted by atomic mass is 9.96. The lowest BCUT2D eigenvalue weighted by Gasteiger charge is -2.11. The number of amides is 1. The van der Waals surface area contributed by atoms with Crippen molar-refractivity contribution < 1.29 is 9.53 Å². The van der Waals surface area contributed by atoms with Gasteiger partial charge in [0.1, 0.15) is 24.0 Å². The van der Waals surface area contributed by atoms with Crippen LogP contribution < -0.4 is 10.1 Å². The molecule has 0 spiro atoms. The fourth-order valence-electron chi connectivity index (χ4n) is 4.13. The summed E-state index contributed by atoms with van der Waals surface area (Å²) in [5.41, 5.74) is 6.89. The fourth-order valence-corrected chi connectivity index (χ4v) is 4.31. The summed E-state index contributed by atoms with van der Waals surface area (Å²) in [5, 5.41) is 13.1. The molecule has 0 aliphatic carbocycles. The summed E-state index contributed by atoms with van der Waals surface area (Å²) in [7, 11) is 0. The van der Waals surface area contributed by atoms with Gasteiger partial charge in [0.2, 0.25) is 0 Å². The molecule has 4 aromatic carbocycles. The van der Waals surface area contributed by atoms with Crippen LogP contribution in [0.15, 0.2) is 96.6 Å². The minimum absolute atomic E-state index is 0.00616. The zero-order valence-corrected chi connectivity index (χ0v) is 21.5. The highest BCUT2D eigenvalue weighted by Gasteiger charge is 2.12. The van der Waals surface area contributed by atoms with Gasteiger partial charge in [-0.3, -0.25) is 4.79 Å². The Balaban J connectivity index is 1.48. The predicted octanol–water partition coefficient (Wildman–Crippen LogP) is 7.67. The number of nitriles is 1. The van der Waals surface area contributed by atoms with E-state index >= 15 is 0 Å². The Labute approximate surface area is 222 Å². The molecular weight excluding hydrogens is 480 g/mol. The number of nitrogens with zero attached hydrogens (tertiary/aromatic N) is 1. The number of hydrogen-bond donors (Lipinski definition) is 1. The molecule has 0 radical (unpaired) electrons. The normalized spacial score (nSPS) is 11.0. The van der Waals surface area contributed by atoms with Gasteiger partial charge in [0.25, 0.3) is 5.91 Å². The van der Waals surface area contributed by atoms with Crippen molar-refractivity contribution >= 4 is 29.3 Å². The molecule has 0 atom stereocenters. The molecular formula is C32H27ClN2O2. The van der Waals surface area contributed by atoms with Gasteiger partial charge in [-0.1, -0.05) is 77.3 Å². The van der Waals surface area contributed by atoms with E-state index in [-0.39, 0.29) is 5.57 Å². The molecule has 4 nitrogen and oxygen atoms in total. The number of nitrogens with one attached hydrogen (secondary N) is 1. The van der Waals surface area contributed by atoms with Crippen LogP contribution in [-0.4, -0.2) is 5.91 Å². The van der Waals surface area contributed by atoms with E-state index in [0.717, 1.165) is 22.3 Å². The number of halogens is 1. The van der Waals surface area contributed by atoms with Gasteiger partial charge in [-0.15, -0.1) is 0 Å². The van der Waals surface area contributed by atoms with E-state index < -0.39 is 5.91 Å². The van der Waals surface area contributed by atoms with Gasteiger partial charge in [0.05, 0.1) is 0 Å². The summed E-state index contributed by atoms with van der Waals surface area (Å²) in [5.74, 6) is 0.200. The number of carbonyl (C=O) groups excluding carboxylic acids is 1. The van der Waals surface area contributed by atoms with Crippen molar-refractivity contribution in [2.75, 3.05) is 5.32 Å². The highest BCUT2D eigenvalue weighted by atomic mass is 35.5. The average Bonchev–Trinajstić information content (AvgIpc) is 2.88. The Morgan fingerprint density at radius 3 is 2.30 bits per heavy atom. The summed E-state index contributed by atoms with van der Waals surface area (Å²) in [6, 6.07) is 30.9. The van der Waals surface area contributed by atoms with Crippen LogP contribution in [0.4, 0.5) is 5.69 Å². The van der Waals surface area contributed by atoms with Crippen molar-refractivity contribution in [3.63, 3.8) is 0 Å². The summed E-state index contributed by atoms with van der Waals surface area (Å²) < 4.78 is 5.80. The monoisotopic (exact) mass is 506 g/mol. The molecule has 0 aromatic heterocycles. The minimum atomic E-state index is -0.488. The molecule has 0 heterocycles. The van der Waals surface area contributed by atoms with Crippen LogP contribution >= 0.6 is 11.6 Å². The Bertz CT molecular complexity index is 1450. The second kappa shape index (κ2) is 12.1. The number of benzene rings is 4. The van der Waals surface area contributed by atoms with Crippen molar-refractivity contribution in [1.29, 1.82) is 5.26 Å². The first-order valence-electron chi connectivity index (χ1n) is 11.9. The van der Waals surface area contributed by atoms with Crippen molar-refractivity contribution in [2.45, 2.75) is 26.9 Å². The summed E-state index contributed by atoms with van der Waals surface area (Å²) in [6.45, 7) is 4.59. The molecule has 0 aliphatic heterocycles. The lowest BCUT2D eigenvalue weighted by Crippen LogP contribution is -2.13. The summed E-state index contributed by atoms with van der Waals surface area (Å²) in [6.07, 6.45) is 2.26. The van der Waals surface area contributed by atoms with Crippen molar-refractivity contribution in [3.05, 3.63) is 135 Å². The Kier molecular flexibility index (Phi) is 8.40. The van der Waals surface area contributed by atoms with Gasteiger partial charge < -0.3 is 10.1 Å². The van der Waals surface area contributed by atoms with Crippen LogP contribution in [-0.2, 0) is 17.8 Å². The maximum atomic E-state index is 12.9. The van der Waals surface area contributed by atoms with Crippen molar-refractivity contribution in [2.24, 2.45) is 0 Å². The highest BCUT2D eigenvalue weighted by molar-refractivity contribution is 6.30. The molecule has 0 bridgehead atoms. The zero-order valence-electron chi connectivity index (χ0n) is 20.8. The first-order valence-corrected chi connectivity index (χ1v) is 12.3. The molecule has 184 valence electrons. The molecule has 4 aromatic rings. The average molecular weight is 507 g/mol. The number of anilines is 1. The van der Waals surface area contributed by atoms with Crippen LogP contribution in [0.1, 0.15) is 33.4 Å². The van der Waals surface area contributed by atoms with Gasteiger partial charge >= 0.3 is 0 Å². The van der Waals surface area contributed by atoms with E-state index in [1.54, 1.807) is 36.4 Å². The Hall–Kier alpha value is -4.33. The van der Waals surface area contributed by atoms with E-state index in [4.69, 9.17) is 16.3 Å². The second-order valence-electron chi connectivity index (χ2n) is 8.94. The van der Waals surface area contributed by atoms with Crippen LogP contribution in [0.3, 0.4) is 0 Å². The molecule has 1 N–H and O–H groups in total. The molecule has 1 amide bonds. The molecule has 0 fully saturated rings. The third-order valence-electron chi connectivity index (χ3n) is 5.81. The third kappa shape index (κ3) is 7.33. The van der Waals surface area contributed by atoms with Gasteiger partial charge in [-0.25, -0.2) is 0 Å². The van der Waals surface area contributed by atoms with Crippen LogP contribution in [0.25, 0.3) is 6.08 Å². The minimum Gasteiger partial charge on any atom is -0.489 e. The van der Waals surface area contributed by atoms with Crippen molar-refractivity contribution in [1.82, 2.24) is 0 Å². The maximum absolute atomic E-state index is 12.9. The standard InChI is InChI=1S/C32H27ClN2O2/c1-22-14-23(2)16-25(15-22)17-26-8-9-29(33)19-27(26)18-28(20-34)32(36)35-30-10-12-31(13-11-30)37-21-24-6-4-3-5-7-24/h3-16,18-19H,17,21H2,1-2H3,(H,35,36)/b28-18+. The first kappa shape index (κ1) is 25.8. The molecule has 0 unspecified atom stereocenters. The van der Waals surface area contributed by atoms with E-state index in [2.05, 4.69) is 37.4 Å². The van der Waals surface area contributed by atoms with Gasteiger partial charge in [0.15, 0.2) is 0 Å². The largest absolute Gasteiger partial charge is 0.489 e. The maximum Gasteiger partial charge on any atom is 0.266 e. The Morgan fingerprint density at radius 1 is 0.919 bits per heavy atom. The zero-order chi connectivity index (χ0) is 26.2. The first-order chi connectivity index (χ1) is 17.9. The van der Waals surface area contributed by atoms with Gasteiger partial charge in [-0.05, 0) is 85.0 Å². The molecule has 5 heteroatoms. The molecule has 4 rings (SSSR count). The number of carbonyl (C=O) groups is 1. The Morgan fingerprint density at radius 2 is 1.62 bits per heavy atom. The van der Waals surface area contributed by atoms with E-state index in [1.165, 1.54) is 11.1 Å². The van der Waals surface area contributed by atoms with Gasteiger partial charge in [0, 0.05) is 10.7 Å². The summed E-state index contributed by atoms with van der Waals surface area (Å²) >= 11 is 6.26. The van der Waals surface area contributed by atoms with Crippen molar-refractivity contribution in [3.8, 4) is 11.8 Å². The van der Waals surface area contributed by atoms with Crippen LogP contribution in [0.5, 0.6) is 5.75 Å². The van der Waals surface area contributed by atoms with E-state index in [9.17, 15) is 10.1 Å². The summed E-state index contributed by atoms with van der Waals surface area (Å²) in [4.78, 5) is 12.9. The smallest absolute Gasteiger partial charge is 0.266 e. The lowest BCUT2D eigenvalue weighted by molar-refractivity contribution is -0.112. The number of aryl methyl sites for hydroxylation is 2. The predicted molar refractivity (Wildman–Crippen MR) is 150 cm³/mol. The molecule has 0 saturated heterocycles. The van der Waals surface area contributed by atoms with E-state index in [0.29, 0.717) is 29.5 Å². The number of hydrogen-bond acceptors (Lipinski definition) is 3. The number of rotatable bonds is 8. The second-order valence-corrected chi connectivity index (χ2v) is 9.37. The van der Waals surface area contributed by atoms with Crippen LogP contribution in [0.2, 0.25) is 5.02 Å². The SMILES string of the molecule is Cc1cc(C)cc(Cc2ccc(Cl)cc2/C=C(\C#N)C(=O)Nc2ccc(OCc3ccccc3)cc2)c1. The highest BCUT2D eigenvalue weighted by Crippen LogP contribution is 2.24.